The van der Waals surface area contributed by atoms with Crippen molar-refractivity contribution in [1.29, 1.82) is 0 Å². The zero-order valence-electron chi connectivity index (χ0n) is 10.2. The van der Waals surface area contributed by atoms with Crippen LogP contribution in [0.5, 0.6) is 0 Å². The van der Waals surface area contributed by atoms with Gasteiger partial charge in [0, 0.05) is 9.79 Å². The van der Waals surface area contributed by atoms with Gasteiger partial charge < -0.3 is 0 Å². The fraction of sp³-hybridized carbons (Fsp3) is 0.143. The number of hydrazine groups is 2. The maximum absolute atomic E-state index is 3.46. The molecule has 0 atom stereocenters. The minimum Gasteiger partial charge on any atom is -0.167 e. The molecule has 0 radical (unpaired) electrons. The van der Waals surface area contributed by atoms with E-state index in [4.69, 9.17) is 0 Å². The molecule has 3 nitrogen and oxygen atoms in total. The van der Waals surface area contributed by atoms with Crippen molar-refractivity contribution in [2.75, 3.05) is 0 Å². The van der Waals surface area contributed by atoms with Crippen LogP contribution in [-0.4, -0.2) is 8.83 Å². The van der Waals surface area contributed by atoms with Crippen LogP contribution in [0, 0.1) is 0 Å². The Labute approximate surface area is 121 Å². The first kappa shape index (κ1) is 11.8. The van der Waals surface area contributed by atoms with Crippen molar-refractivity contribution < 1.29 is 0 Å². The number of fused-ring (bicyclic) bond motifs is 2. The summed E-state index contributed by atoms with van der Waals surface area (Å²) >= 11 is 3.54. The number of nitrogens with zero attached hydrogens (tertiary/aromatic N) is 2. The smallest absolute Gasteiger partial charge is 0.0524 e. The Morgan fingerprint density at radius 1 is 0.737 bits per heavy atom. The van der Waals surface area contributed by atoms with Crippen LogP contribution < -0.4 is 5.53 Å². The van der Waals surface area contributed by atoms with E-state index in [1.54, 1.807) is 23.9 Å². The van der Waals surface area contributed by atoms with E-state index in [2.05, 4.69) is 62.9 Å². The van der Waals surface area contributed by atoms with Crippen molar-refractivity contribution >= 4 is 23.9 Å². The number of nitrogens with one attached hydrogen (secondary N) is 1. The van der Waals surface area contributed by atoms with Gasteiger partial charge in [-0.25, -0.2) is 0 Å². The average Bonchev–Trinajstić information content (AvgIpc) is 3.00. The number of hydrogen-bond acceptors (Lipinski definition) is 5. The second-order valence-electron chi connectivity index (χ2n) is 4.57. The van der Waals surface area contributed by atoms with Gasteiger partial charge in [-0.2, -0.15) is 14.4 Å². The molecule has 2 heterocycles. The summed E-state index contributed by atoms with van der Waals surface area (Å²) in [6.07, 6.45) is 0. The standard InChI is InChI=1S/C14H13N3S2/c1-3-7-13-11(5-1)9-16(18-13)15-17-10-12-6-2-4-8-14(12)19-17/h1-8,15H,9-10H2. The van der Waals surface area contributed by atoms with Crippen molar-refractivity contribution in [3.63, 3.8) is 0 Å². The first-order chi connectivity index (χ1) is 9.38. The zero-order chi connectivity index (χ0) is 12.7. The lowest BCUT2D eigenvalue weighted by Gasteiger charge is -2.22. The molecule has 0 spiro atoms. The first-order valence-electron chi connectivity index (χ1n) is 6.21. The van der Waals surface area contributed by atoms with Gasteiger partial charge in [-0.3, -0.25) is 0 Å². The van der Waals surface area contributed by atoms with E-state index in [0.717, 1.165) is 13.1 Å². The second kappa shape index (κ2) is 4.85. The van der Waals surface area contributed by atoms with Crippen LogP contribution in [0.25, 0.3) is 0 Å². The third-order valence-electron chi connectivity index (χ3n) is 3.21. The molecule has 2 aromatic carbocycles. The van der Waals surface area contributed by atoms with Gasteiger partial charge in [-0.15, -0.1) is 0 Å². The summed E-state index contributed by atoms with van der Waals surface area (Å²) in [4.78, 5) is 2.69. The molecule has 4 rings (SSSR count). The average molecular weight is 287 g/mol. The molecule has 2 aromatic rings. The molecule has 1 N–H and O–H groups in total. The van der Waals surface area contributed by atoms with Gasteiger partial charge in [-0.1, -0.05) is 36.4 Å². The molecule has 0 amide bonds. The van der Waals surface area contributed by atoms with Crippen molar-refractivity contribution in [2.45, 2.75) is 22.9 Å². The molecule has 0 saturated heterocycles. The summed E-state index contributed by atoms with van der Waals surface area (Å²) in [6, 6.07) is 17.1. The molecule has 0 saturated carbocycles. The van der Waals surface area contributed by atoms with Gasteiger partial charge in [-0.05, 0) is 47.2 Å². The van der Waals surface area contributed by atoms with E-state index in [1.165, 1.54) is 20.9 Å². The predicted molar refractivity (Wildman–Crippen MR) is 78.8 cm³/mol. The predicted octanol–water partition coefficient (Wildman–Crippen LogP) is 3.45. The summed E-state index contributed by atoms with van der Waals surface area (Å²) in [5.74, 6) is 0. The first-order valence-corrected chi connectivity index (χ1v) is 7.76. The molecular formula is C14H13N3S2. The SMILES string of the molecule is c1ccc2c(c1)CN(NN1Cc3ccccc3S1)S2. The Hall–Kier alpha value is -0.980. The van der Waals surface area contributed by atoms with Crippen LogP contribution in [0.15, 0.2) is 58.3 Å². The summed E-state index contributed by atoms with van der Waals surface area (Å²) in [5, 5.41) is 0. The van der Waals surface area contributed by atoms with Crippen molar-refractivity contribution in [2.24, 2.45) is 0 Å². The molecule has 5 heteroatoms. The highest BCUT2D eigenvalue weighted by Crippen LogP contribution is 2.38. The number of hydrogen-bond donors (Lipinski definition) is 1. The topological polar surface area (TPSA) is 18.5 Å². The van der Waals surface area contributed by atoms with Gasteiger partial charge in [0.1, 0.15) is 0 Å². The highest BCUT2D eigenvalue weighted by molar-refractivity contribution is 7.98. The lowest BCUT2D eigenvalue weighted by molar-refractivity contribution is 0.190. The highest BCUT2D eigenvalue weighted by atomic mass is 32.2. The normalized spacial score (nSPS) is 18.5. The molecule has 0 unspecified atom stereocenters. The lowest BCUT2D eigenvalue weighted by atomic mass is 10.2. The Balaban J connectivity index is 1.43. The van der Waals surface area contributed by atoms with Crippen LogP contribution in [0.1, 0.15) is 11.1 Å². The summed E-state index contributed by atoms with van der Waals surface area (Å²) in [5.41, 5.74) is 6.25. The monoisotopic (exact) mass is 287 g/mol. The molecule has 0 fully saturated rings. The maximum atomic E-state index is 3.46. The molecular weight excluding hydrogens is 274 g/mol. The van der Waals surface area contributed by atoms with Gasteiger partial charge >= 0.3 is 0 Å². The van der Waals surface area contributed by atoms with Gasteiger partial charge in [0.05, 0.1) is 13.1 Å². The van der Waals surface area contributed by atoms with Crippen molar-refractivity contribution in [1.82, 2.24) is 14.4 Å². The second-order valence-corrected chi connectivity index (χ2v) is 6.70. The molecule has 0 aliphatic carbocycles. The van der Waals surface area contributed by atoms with Gasteiger partial charge in [0.25, 0.3) is 0 Å². The van der Waals surface area contributed by atoms with Gasteiger partial charge in [0.15, 0.2) is 0 Å². The number of benzene rings is 2. The Morgan fingerprint density at radius 2 is 1.21 bits per heavy atom. The molecule has 2 aliphatic heterocycles. The molecule has 2 aliphatic rings. The Bertz CT molecular complexity index is 514. The minimum absolute atomic E-state index is 0.939. The van der Waals surface area contributed by atoms with Crippen LogP contribution in [0.2, 0.25) is 0 Å². The molecule has 96 valence electrons. The molecule has 19 heavy (non-hydrogen) atoms. The third kappa shape index (κ3) is 2.28. The Kier molecular flexibility index (Phi) is 3.01. The van der Waals surface area contributed by atoms with Gasteiger partial charge in [0.2, 0.25) is 0 Å². The van der Waals surface area contributed by atoms with E-state index in [0.29, 0.717) is 0 Å². The van der Waals surface area contributed by atoms with Crippen LogP contribution in [0.4, 0.5) is 0 Å². The fourth-order valence-corrected chi connectivity index (χ4v) is 4.29. The van der Waals surface area contributed by atoms with Crippen LogP contribution in [-0.2, 0) is 13.1 Å². The Morgan fingerprint density at radius 3 is 1.68 bits per heavy atom. The minimum atomic E-state index is 0.939. The fourth-order valence-electron chi connectivity index (χ4n) is 2.29. The van der Waals surface area contributed by atoms with E-state index < -0.39 is 0 Å². The number of rotatable bonds is 2. The zero-order valence-corrected chi connectivity index (χ0v) is 11.9. The van der Waals surface area contributed by atoms with E-state index in [1.807, 2.05) is 0 Å². The van der Waals surface area contributed by atoms with Crippen molar-refractivity contribution in [3.8, 4) is 0 Å². The largest absolute Gasteiger partial charge is 0.167 e. The summed E-state index contributed by atoms with van der Waals surface area (Å²) in [6.45, 7) is 1.88. The molecule has 0 aromatic heterocycles. The third-order valence-corrected chi connectivity index (χ3v) is 5.27. The van der Waals surface area contributed by atoms with Crippen LogP contribution >= 0.6 is 23.9 Å². The van der Waals surface area contributed by atoms with E-state index >= 15 is 0 Å². The van der Waals surface area contributed by atoms with Crippen LogP contribution in [0.3, 0.4) is 0 Å². The quantitative estimate of drug-likeness (QED) is 0.850. The summed E-state index contributed by atoms with van der Waals surface area (Å²) < 4.78 is 4.37. The lowest BCUT2D eigenvalue weighted by Crippen LogP contribution is -2.38. The van der Waals surface area contributed by atoms with E-state index in [9.17, 15) is 0 Å². The summed E-state index contributed by atoms with van der Waals surface area (Å²) in [7, 11) is 0. The molecule has 0 bridgehead atoms. The maximum Gasteiger partial charge on any atom is 0.0524 e. The van der Waals surface area contributed by atoms with E-state index in [-0.39, 0.29) is 0 Å². The van der Waals surface area contributed by atoms with Crippen molar-refractivity contribution in [3.05, 3.63) is 59.7 Å². The highest BCUT2D eigenvalue weighted by Gasteiger charge is 2.25.